The van der Waals surface area contributed by atoms with Crippen molar-refractivity contribution in [3.63, 3.8) is 0 Å². The minimum absolute atomic E-state index is 0.0859. The number of hydrogen-bond acceptors (Lipinski definition) is 3. The van der Waals surface area contributed by atoms with Crippen LogP contribution in [-0.4, -0.2) is 33.7 Å². The molecule has 102 valence electrons. The Morgan fingerprint density at radius 1 is 1.00 bits per heavy atom. The zero-order valence-electron chi connectivity index (χ0n) is 11.0. The molecule has 3 aromatic rings. The van der Waals surface area contributed by atoms with Crippen LogP contribution in [0.4, 0.5) is 4.39 Å². The van der Waals surface area contributed by atoms with Crippen molar-refractivity contribution >= 4 is 24.3 Å². The van der Waals surface area contributed by atoms with Crippen LogP contribution in [-0.2, 0) is 0 Å². The fourth-order valence-electron chi connectivity index (χ4n) is 1.99. The Labute approximate surface area is 121 Å². The number of aromatic nitrogens is 1. The Balaban J connectivity index is 2.10. The third-order valence-corrected chi connectivity index (χ3v) is 5.26. The molecule has 1 heterocycles. The SMILES string of the molecule is COc1ccc(-c2nc3cc(F)ccc3[se]2)cc1OC. The van der Waals surface area contributed by atoms with E-state index in [-0.39, 0.29) is 20.3 Å². The fourth-order valence-corrected chi connectivity index (χ4v) is 3.97. The van der Waals surface area contributed by atoms with Crippen molar-refractivity contribution in [2.45, 2.75) is 0 Å². The van der Waals surface area contributed by atoms with E-state index in [2.05, 4.69) is 4.98 Å². The molecule has 3 rings (SSSR count). The summed E-state index contributed by atoms with van der Waals surface area (Å²) < 4.78 is 25.8. The number of benzene rings is 2. The molecule has 3 nitrogen and oxygen atoms in total. The van der Waals surface area contributed by atoms with Gasteiger partial charge in [0.1, 0.15) is 0 Å². The van der Waals surface area contributed by atoms with E-state index in [1.807, 2.05) is 24.3 Å². The topological polar surface area (TPSA) is 31.4 Å². The van der Waals surface area contributed by atoms with Crippen LogP contribution in [0, 0.1) is 5.82 Å². The number of halogens is 1. The van der Waals surface area contributed by atoms with Gasteiger partial charge in [-0.1, -0.05) is 0 Å². The normalized spacial score (nSPS) is 10.8. The van der Waals surface area contributed by atoms with Crippen LogP contribution < -0.4 is 9.47 Å². The van der Waals surface area contributed by atoms with Gasteiger partial charge < -0.3 is 0 Å². The first kappa shape index (κ1) is 13.2. The molecule has 0 spiro atoms. The predicted octanol–water partition coefficient (Wildman–Crippen LogP) is 3.12. The van der Waals surface area contributed by atoms with Gasteiger partial charge in [-0.25, -0.2) is 0 Å². The third-order valence-electron chi connectivity index (χ3n) is 2.98. The maximum atomic E-state index is 13.2. The van der Waals surface area contributed by atoms with Gasteiger partial charge in [-0.05, 0) is 0 Å². The standard InChI is InChI=1S/C15H12FNO2Se/c1-18-12-5-3-9(7-13(12)19-2)15-17-11-8-10(16)4-6-14(11)20-15/h3-8H,1-2H3. The van der Waals surface area contributed by atoms with Gasteiger partial charge in [-0.15, -0.1) is 0 Å². The number of nitrogens with zero attached hydrogens (tertiary/aromatic N) is 1. The molecule has 0 radical (unpaired) electrons. The number of rotatable bonds is 3. The van der Waals surface area contributed by atoms with Gasteiger partial charge in [-0.2, -0.15) is 0 Å². The van der Waals surface area contributed by atoms with E-state index < -0.39 is 0 Å². The van der Waals surface area contributed by atoms with Crippen molar-refractivity contribution in [1.29, 1.82) is 0 Å². The molecule has 5 heteroatoms. The monoisotopic (exact) mass is 337 g/mol. The van der Waals surface area contributed by atoms with Crippen molar-refractivity contribution in [1.82, 2.24) is 4.98 Å². The molecule has 0 fully saturated rings. The predicted molar refractivity (Wildman–Crippen MR) is 77.2 cm³/mol. The second kappa shape index (κ2) is 5.27. The first-order valence-electron chi connectivity index (χ1n) is 6.00. The molecule has 20 heavy (non-hydrogen) atoms. The summed E-state index contributed by atoms with van der Waals surface area (Å²) in [7, 11) is 3.21. The van der Waals surface area contributed by atoms with Gasteiger partial charge in [0.2, 0.25) is 0 Å². The molecule has 0 bridgehead atoms. The molecule has 2 aromatic carbocycles. The summed E-state index contributed by atoms with van der Waals surface area (Å²) >= 11 is 0.0859. The number of fused-ring (bicyclic) bond motifs is 1. The molecular formula is C15H12FNO2Se. The third kappa shape index (κ3) is 2.30. The van der Waals surface area contributed by atoms with E-state index >= 15 is 0 Å². The van der Waals surface area contributed by atoms with E-state index in [0.717, 1.165) is 19.9 Å². The average Bonchev–Trinajstić information content (AvgIpc) is 2.89. The second-order valence-corrected chi connectivity index (χ2v) is 6.36. The van der Waals surface area contributed by atoms with Crippen LogP contribution in [0.1, 0.15) is 0 Å². The molecule has 1 aromatic heterocycles. The van der Waals surface area contributed by atoms with Crippen LogP contribution in [0.5, 0.6) is 11.5 Å². The average molecular weight is 336 g/mol. The number of hydrogen-bond donors (Lipinski definition) is 0. The van der Waals surface area contributed by atoms with Gasteiger partial charge in [0, 0.05) is 0 Å². The van der Waals surface area contributed by atoms with Crippen LogP contribution in [0.15, 0.2) is 36.4 Å². The molecule has 0 unspecified atom stereocenters. The van der Waals surface area contributed by atoms with E-state index in [4.69, 9.17) is 9.47 Å². The van der Waals surface area contributed by atoms with E-state index in [1.165, 1.54) is 12.1 Å². The van der Waals surface area contributed by atoms with Gasteiger partial charge in [0.05, 0.1) is 0 Å². The van der Waals surface area contributed by atoms with Crippen molar-refractivity contribution < 1.29 is 13.9 Å². The minimum atomic E-state index is -0.253. The summed E-state index contributed by atoms with van der Waals surface area (Å²) in [6.07, 6.45) is 0. The van der Waals surface area contributed by atoms with Crippen molar-refractivity contribution in [2.24, 2.45) is 0 Å². The molecular weight excluding hydrogens is 324 g/mol. The molecule has 0 atom stereocenters. The Bertz CT molecular complexity index is 770. The second-order valence-electron chi connectivity index (χ2n) is 4.20. The van der Waals surface area contributed by atoms with Gasteiger partial charge in [0.25, 0.3) is 0 Å². The van der Waals surface area contributed by atoms with Gasteiger partial charge in [0.15, 0.2) is 0 Å². The molecule has 0 N–H and O–H groups in total. The summed E-state index contributed by atoms with van der Waals surface area (Å²) in [5.41, 5.74) is 1.72. The van der Waals surface area contributed by atoms with Crippen LogP contribution in [0.25, 0.3) is 19.9 Å². The van der Waals surface area contributed by atoms with Gasteiger partial charge >= 0.3 is 121 Å². The van der Waals surface area contributed by atoms with Crippen LogP contribution in [0.3, 0.4) is 0 Å². The van der Waals surface area contributed by atoms with E-state index in [9.17, 15) is 4.39 Å². The van der Waals surface area contributed by atoms with Crippen LogP contribution >= 0.6 is 0 Å². The van der Waals surface area contributed by atoms with Gasteiger partial charge in [-0.3, -0.25) is 0 Å². The Hall–Kier alpha value is -1.84. The first-order chi connectivity index (χ1) is 9.71. The summed E-state index contributed by atoms with van der Waals surface area (Å²) in [6.45, 7) is 0. The number of methoxy groups -OCH3 is 2. The summed E-state index contributed by atoms with van der Waals surface area (Å²) in [5.74, 6) is 1.11. The zero-order chi connectivity index (χ0) is 14.1. The molecule has 0 saturated heterocycles. The summed E-state index contributed by atoms with van der Waals surface area (Å²) in [5, 5.41) is 0. The summed E-state index contributed by atoms with van der Waals surface area (Å²) in [4.78, 5) is 4.52. The van der Waals surface area contributed by atoms with Crippen molar-refractivity contribution in [2.75, 3.05) is 14.2 Å². The molecule has 0 saturated carbocycles. The maximum absolute atomic E-state index is 13.2. The molecule has 0 aliphatic heterocycles. The zero-order valence-corrected chi connectivity index (χ0v) is 12.7. The van der Waals surface area contributed by atoms with E-state index in [1.54, 1.807) is 14.2 Å². The van der Waals surface area contributed by atoms with Crippen molar-refractivity contribution in [3.05, 3.63) is 42.2 Å². The fraction of sp³-hybridized carbons (Fsp3) is 0.133. The molecule has 0 amide bonds. The van der Waals surface area contributed by atoms with E-state index in [0.29, 0.717) is 11.5 Å². The Kier molecular flexibility index (Phi) is 3.47. The first-order valence-corrected chi connectivity index (χ1v) is 7.71. The Morgan fingerprint density at radius 2 is 1.80 bits per heavy atom. The number of ether oxygens (including phenoxy) is 2. The molecule has 0 aliphatic carbocycles. The summed E-state index contributed by atoms with van der Waals surface area (Å²) in [6, 6.07) is 10.5. The Morgan fingerprint density at radius 3 is 2.55 bits per heavy atom. The quantitative estimate of drug-likeness (QED) is 0.689. The van der Waals surface area contributed by atoms with Crippen molar-refractivity contribution in [3.8, 4) is 21.6 Å². The van der Waals surface area contributed by atoms with Crippen LogP contribution in [0.2, 0.25) is 0 Å². The molecule has 0 aliphatic rings.